The van der Waals surface area contributed by atoms with E-state index >= 15 is 0 Å². The number of aromatic nitrogens is 2. The van der Waals surface area contributed by atoms with Gasteiger partial charge < -0.3 is 15.2 Å². The molecule has 0 unspecified atom stereocenters. The number of benzene rings is 1. The normalized spacial score (nSPS) is 10.6. The summed E-state index contributed by atoms with van der Waals surface area (Å²) in [6.45, 7) is 3.99. The van der Waals surface area contributed by atoms with Crippen molar-refractivity contribution in [2.24, 2.45) is 0 Å². The van der Waals surface area contributed by atoms with E-state index in [0.29, 0.717) is 6.54 Å². The lowest BCUT2D eigenvalue weighted by molar-refractivity contribution is -0.116. The van der Waals surface area contributed by atoms with Crippen molar-refractivity contribution in [1.82, 2.24) is 14.9 Å². The fraction of sp³-hybridized carbons (Fsp3) is 0.333. The number of carbonyl (C=O) groups is 1. The lowest BCUT2D eigenvalue weighted by Gasteiger charge is -2.09. The van der Waals surface area contributed by atoms with Crippen molar-refractivity contribution in [1.29, 1.82) is 0 Å². The molecule has 5 nitrogen and oxygen atoms in total. The van der Waals surface area contributed by atoms with Gasteiger partial charge in [-0.25, -0.2) is 4.98 Å². The molecule has 2 aromatic rings. The van der Waals surface area contributed by atoms with Gasteiger partial charge in [-0.2, -0.15) is 0 Å². The van der Waals surface area contributed by atoms with Gasteiger partial charge in [0.25, 0.3) is 0 Å². The summed E-state index contributed by atoms with van der Waals surface area (Å²) in [7, 11) is 0. The van der Waals surface area contributed by atoms with Crippen LogP contribution in [0, 0.1) is 0 Å². The Kier molecular flexibility index (Phi) is 5.95. The molecule has 112 valence electrons. The Balaban J connectivity index is 1.90. The number of halogens is 1. The van der Waals surface area contributed by atoms with E-state index in [-0.39, 0.29) is 12.5 Å². The minimum atomic E-state index is -0.0629. The summed E-state index contributed by atoms with van der Waals surface area (Å²) in [6, 6.07) is 7.51. The van der Waals surface area contributed by atoms with Crippen molar-refractivity contribution in [2.75, 3.05) is 11.9 Å². The van der Waals surface area contributed by atoms with E-state index in [1.54, 1.807) is 6.20 Å². The zero-order chi connectivity index (χ0) is 15.1. The molecule has 2 N–H and O–H groups in total. The maximum atomic E-state index is 12.1. The van der Waals surface area contributed by atoms with Crippen LogP contribution in [-0.2, 0) is 17.9 Å². The average molecular weight is 351 g/mol. The summed E-state index contributed by atoms with van der Waals surface area (Å²) in [5, 5.41) is 6.16. The van der Waals surface area contributed by atoms with Gasteiger partial charge in [0.15, 0.2) is 0 Å². The predicted molar refractivity (Wildman–Crippen MR) is 87.0 cm³/mol. The lowest BCUT2D eigenvalue weighted by Crippen LogP contribution is -2.22. The number of anilines is 1. The fourth-order valence-electron chi connectivity index (χ4n) is 1.92. The second-order valence-electron chi connectivity index (χ2n) is 4.70. The van der Waals surface area contributed by atoms with Gasteiger partial charge in [0.05, 0.1) is 6.54 Å². The molecular formula is C15H19BrN4O. The van der Waals surface area contributed by atoms with Crippen LogP contribution in [0.4, 0.5) is 5.69 Å². The summed E-state index contributed by atoms with van der Waals surface area (Å²) in [5.74, 6) is 0.807. The van der Waals surface area contributed by atoms with Crippen LogP contribution < -0.4 is 10.6 Å². The second-order valence-corrected chi connectivity index (χ2v) is 5.62. The molecule has 0 atom stereocenters. The Bertz CT molecular complexity index is 580. The molecule has 1 amide bonds. The summed E-state index contributed by atoms with van der Waals surface area (Å²) < 4.78 is 2.84. The van der Waals surface area contributed by atoms with E-state index in [1.165, 1.54) is 0 Å². The van der Waals surface area contributed by atoms with Crippen LogP contribution in [0.3, 0.4) is 0 Å². The molecule has 0 spiro atoms. The van der Waals surface area contributed by atoms with E-state index in [4.69, 9.17) is 0 Å². The highest BCUT2D eigenvalue weighted by Crippen LogP contribution is 2.14. The zero-order valence-corrected chi connectivity index (χ0v) is 13.6. The molecule has 0 aliphatic rings. The Hall–Kier alpha value is -1.66. The first kappa shape index (κ1) is 15.7. The van der Waals surface area contributed by atoms with Crippen molar-refractivity contribution < 1.29 is 4.79 Å². The number of imidazole rings is 1. The largest absolute Gasteiger partial charge is 0.325 e. The highest BCUT2D eigenvalue weighted by atomic mass is 79.9. The molecule has 0 saturated heterocycles. The third kappa shape index (κ3) is 4.99. The van der Waals surface area contributed by atoms with Crippen LogP contribution in [0.15, 0.2) is 41.1 Å². The van der Waals surface area contributed by atoms with Crippen molar-refractivity contribution in [3.8, 4) is 0 Å². The maximum Gasteiger partial charge on any atom is 0.244 e. The number of rotatable bonds is 7. The molecule has 6 heteroatoms. The summed E-state index contributed by atoms with van der Waals surface area (Å²) in [6.07, 6.45) is 4.62. The molecule has 0 aliphatic carbocycles. The highest BCUT2D eigenvalue weighted by molar-refractivity contribution is 9.10. The third-order valence-electron chi connectivity index (χ3n) is 2.95. The fourth-order valence-corrected chi connectivity index (χ4v) is 2.18. The van der Waals surface area contributed by atoms with Gasteiger partial charge in [0, 0.05) is 22.6 Å². The van der Waals surface area contributed by atoms with Crippen LogP contribution in [0.5, 0.6) is 0 Å². The Morgan fingerprint density at radius 1 is 1.33 bits per heavy atom. The van der Waals surface area contributed by atoms with E-state index in [0.717, 1.165) is 29.0 Å². The van der Waals surface area contributed by atoms with Gasteiger partial charge >= 0.3 is 0 Å². The van der Waals surface area contributed by atoms with Crippen molar-refractivity contribution in [3.05, 3.63) is 47.0 Å². The number of nitrogens with one attached hydrogen (secondary N) is 2. The van der Waals surface area contributed by atoms with Crippen molar-refractivity contribution in [2.45, 2.75) is 26.4 Å². The van der Waals surface area contributed by atoms with Crippen LogP contribution in [0.1, 0.15) is 19.2 Å². The van der Waals surface area contributed by atoms with Crippen LogP contribution in [0.2, 0.25) is 0 Å². The highest BCUT2D eigenvalue weighted by Gasteiger charge is 2.07. The first-order valence-electron chi connectivity index (χ1n) is 6.95. The molecule has 1 aromatic heterocycles. The Labute approximate surface area is 132 Å². The number of hydrogen-bond donors (Lipinski definition) is 2. The van der Waals surface area contributed by atoms with Crippen LogP contribution in [0.25, 0.3) is 0 Å². The number of amides is 1. The average Bonchev–Trinajstić information content (AvgIpc) is 2.89. The molecule has 0 bridgehead atoms. The smallest absolute Gasteiger partial charge is 0.244 e. The van der Waals surface area contributed by atoms with Crippen LogP contribution in [-0.4, -0.2) is 22.0 Å². The predicted octanol–water partition coefficient (Wildman–Crippen LogP) is 2.78. The zero-order valence-electron chi connectivity index (χ0n) is 12.0. The van der Waals surface area contributed by atoms with E-state index in [9.17, 15) is 4.79 Å². The first-order chi connectivity index (χ1) is 10.2. The number of nitrogens with zero attached hydrogens (tertiary/aromatic N) is 2. The quantitative estimate of drug-likeness (QED) is 0.755. The Morgan fingerprint density at radius 2 is 2.10 bits per heavy atom. The van der Waals surface area contributed by atoms with E-state index < -0.39 is 0 Å². The summed E-state index contributed by atoms with van der Waals surface area (Å²) in [4.78, 5) is 16.3. The lowest BCUT2D eigenvalue weighted by atomic mass is 10.3. The SMILES string of the molecule is CCCNCc1nccn1CC(=O)Nc1ccc(Br)cc1. The van der Waals surface area contributed by atoms with Gasteiger partial charge in [-0.15, -0.1) is 0 Å². The van der Waals surface area contributed by atoms with Gasteiger partial charge in [0.1, 0.15) is 12.4 Å². The minimum absolute atomic E-state index is 0.0629. The third-order valence-corrected chi connectivity index (χ3v) is 3.48. The van der Waals surface area contributed by atoms with E-state index in [2.05, 4.69) is 38.5 Å². The summed E-state index contributed by atoms with van der Waals surface area (Å²) in [5.41, 5.74) is 0.786. The molecular weight excluding hydrogens is 332 g/mol. The van der Waals surface area contributed by atoms with Crippen molar-refractivity contribution in [3.63, 3.8) is 0 Å². The number of hydrogen-bond acceptors (Lipinski definition) is 3. The minimum Gasteiger partial charge on any atom is -0.325 e. The van der Waals surface area contributed by atoms with E-state index in [1.807, 2.05) is 35.0 Å². The van der Waals surface area contributed by atoms with Gasteiger partial charge in [-0.05, 0) is 37.2 Å². The molecule has 21 heavy (non-hydrogen) atoms. The topological polar surface area (TPSA) is 59.0 Å². The standard InChI is InChI=1S/C15H19BrN4O/c1-2-7-17-10-14-18-8-9-20(14)11-15(21)19-13-5-3-12(16)4-6-13/h3-6,8-9,17H,2,7,10-11H2,1H3,(H,19,21). The molecule has 1 aromatic carbocycles. The Morgan fingerprint density at radius 3 is 2.81 bits per heavy atom. The monoisotopic (exact) mass is 350 g/mol. The summed E-state index contributed by atoms with van der Waals surface area (Å²) >= 11 is 3.37. The molecule has 0 radical (unpaired) electrons. The molecule has 0 aliphatic heterocycles. The molecule has 0 fully saturated rings. The van der Waals surface area contributed by atoms with Gasteiger partial charge in [-0.1, -0.05) is 22.9 Å². The molecule has 0 saturated carbocycles. The molecule has 1 heterocycles. The molecule has 2 rings (SSSR count). The first-order valence-corrected chi connectivity index (χ1v) is 7.74. The van der Waals surface area contributed by atoms with Crippen LogP contribution >= 0.6 is 15.9 Å². The maximum absolute atomic E-state index is 12.1. The van der Waals surface area contributed by atoms with Gasteiger partial charge in [-0.3, -0.25) is 4.79 Å². The second kappa shape index (κ2) is 7.95. The number of carbonyl (C=O) groups excluding carboxylic acids is 1. The van der Waals surface area contributed by atoms with Crippen molar-refractivity contribution >= 4 is 27.5 Å². The van der Waals surface area contributed by atoms with Gasteiger partial charge in [0.2, 0.25) is 5.91 Å².